The Morgan fingerprint density at radius 1 is 0.521 bits per heavy atom. The molecule has 0 heterocycles. The molecule has 0 fully saturated rings. The van der Waals surface area contributed by atoms with Gasteiger partial charge in [-0.3, -0.25) is 0 Å². The van der Waals surface area contributed by atoms with Gasteiger partial charge in [0.15, 0.2) is 12.7 Å². The van der Waals surface area contributed by atoms with Crippen molar-refractivity contribution >= 4 is 23.9 Å². The zero-order chi connectivity index (χ0) is 37.4. The topological polar surface area (TPSA) is 161 Å². The molecule has 2 unspecified atom stereocenters. The number of alkyl halides is 10. The Balaban J connectivity index is 5.28. The summed E-state index contributed by atoms with van der Waals surface area (Å²) in [6.07, 6.45) is -31.3. The zero-order valence-corrected chi connectivity index (χ0v) is 23.8. The smallest absolute Gasteiger partial charge is 0.458 e. The average Bonchev–Trinajstić information content (AvgIpc) is 2.93. The van der Waals surface area contributed by atoms with E-state index in [1.165, 1.54) is 0 Å². The number of hydrogen-bond acceptors (Lipinski definition) is 14. The molecular formula is C24H24F10O14. The van der Waals surface area contributed by atoms with Crippen LogP contribution in [0.1, 0.15) is 0 Å². The molecule has 0 aliphatic heterocycles. The third kappa shape index (κ3) is 20.2. The van der Waals surface area contributed by atoms with E-state index in [9.17, 15) is 63.1 Å². The van der Waals surface area contributed by atoms with Crippen LogP contribution in [0.2, 0.25) is 0 Å². The summed E-state index contributed by atoms with van der Waals surface area (Å²) in [5, 5.41) is 0. The van der Waals surface area contributed by atoms with Crippen LogP contribution in [0.25, 0.3) is 0 Å². The lowest BCUT2D eigenvalue weighted by molar-refractivity contribution is -0.605. The first-order valence-corrected chi connectivity index (χ1v) is 12.0. The Labute approximate surface area is 262 Å². The molecule has 0 N–H and O–H groups in total. The molecule has 48 heavy (non-hydrogen) atoms. The number of ether oxygens (including phenoxy) is 10. The van der Waals surface area contributed by atoms with Gasteiger partial charge >= 0.3 is 55.0 Å². The van der Waals surface area contributed by atoms with Crippen molar-refractivity contribution in [3.63, 3.8) is 0 Å². The lowest BCUT2D eigenvalue weighted by Gasteiger charge is -2.29. The first-order chi connectivity index (χ1) is 21.9. The fraction of sp³-hybridized carbons (Fsp3) is 0.500. The van der Waals surface area contributed by atoms with Crippen LogP contribution >= 0.6 is 0 Å². The van der Waals surface area contributed by atoms with Gasteiger partial charge in [0.2, 0.25) is 6.29 Å². The van der Waals surface area contributed by atoms with Crippen LogP contribution in [0.4, 0.5) is 43.9 Å². The molecule has 274 valence electrons. The highest BCUT2D eigenvalue weighted by atomic mass is 19.3. The van der Waals surface area contributed by atoms with Gasteiger partial charge in [-0.05, 0) is 0 Å². The monoisotopic (exact) mass is 726 g/mol. The maximum atomic E-state index is 13.8. The lowest BCUT2D eigenvalue weighted by atomic mass is 10.4. The normalized spacial score (nSPS) is 13.8. The SMILES string of the molecule is C=CC(=O)OCC(COCC(F)(F)OC(F)(F)OC(F)(F)OC(F)(F)OC(F)(F)COC(COC(=O)C=C)OC(=O)C=C)OC(=O)C=C. The van der Waals surface area contributed by atoms with Crippen LogP contribution in [0.5, 0.6) is 0 Å². The second-order valence-electron chi connectivity index (χ2n) is 7.90. The van der Waals surface area contributed by atoms with E-state index in [4.69, 9.17) is 0 Å². The van der Waals surface area contributed by atoms with E-state index in [1.807, 2.05) is 0 Å². The third-order valence-corrected chi connectivity index (χ3v) is 3.99. The fourth-order valence-electron chi connectivity index (χ4n) is 2.31. The number of carbonyl (C=O) groups excluding carboxylic acids is 4. The molecule has 0 radical (unpaired) electrons. The minimum atomic E-state index is -6.42. The standard InChI is InChI=1S/C24H24F10O14/c1-5-15(35)40-10-14(43-17(37)7-3)9-39-12-20(25,26)45-22(29,30)47-24(33,34)48-23(31,32)46-21(27,28)13-42-19(44-18(38)8-4)11-41-16(36)6-2/h5-8,14,19H,1-4,9-13H2. The van der Waals surface area contributed by atoms with Gasteiger partial charge in [-0.2, -0.15) is 17.6 Å². The Hall–Kier alpha value is -4.10. The quantitative estimate of drug-likeness (QED) is 0.0442. The number of rotatable bonds is 25. The minimum Gasteiger partial charge on any atom is -0.458 e. The Morgan fingerprint density at radius 2 is 0.917 bits per heavy atom. The number of hydrogen-bond donors (Lipinski definition) is 0. The highest BCUT2D eigenvalue weighted by Crippen LogP contribution is 2.39. The van der Waals surface area contributed by atoms with Crippen molar-refractivity contribution in [3.8, 4) is 0 Å². The van der Waals surface area contributed by atoms with Crippen LogP contribution in [-0.2, 0) is 66.5 Å². The second-order valence-corrected chi connectivity index (χ2v) is 7.90. The molecule has 14 nitrogen and oxygen atoms in total. The summed E-state index contributed by atoms with van der Waals surface area (Å²) >= 11 is 0. The number of halogens is 10. The van der Waals surface area contributed by atoms with Crippen molar-refractivity contribution in [2.24, 2.45) is 0 Å². The van der Waals surface area contributed by atoms with Gasteiger partial charge in [0.05, 0.1) is 6.61 Å². The summed E-state index contributed by atoms with van der Waals surface area (Å²) in [6, 6.07) is 0. The summed E-state index contributed by atoms with van der Waals surface area (Å²) in [7, 11) is 0. The summed E-state index contributed by atoms with van der Waals surface area (Å²) in [5.41, 5.74) is 0. The van der Waals surface area contributed by atoms with Gasteiger partial charge in [-0.1, -0.05) is 26.3 Å². The van der Waals surface area contributed by atoms with E-state index >= 15 is 0 Å². The predicted octanol–water partition coefficient (Wildman–Crippen LogP) is 3.53. The van der Waals surface area contributed by atoms with Crippen molar-refractivity contribution in [2.45, 2.75) is 43.5 Å². The van der Waals surface area contributed by atoms with Gasteiger partial charge < -0.3 is 28.4 Å². The van der Waals surface area contributed by atoms with Gasteiger partial charge in [0.25, 0.3) is 0 Å². The largest absolute Gasteiger partial charge is 0.498 e. The first-order valence-electron chi connectivity index (χ1n) is 12.0. The maximum absolute atomic E-state index is 13.8. The van der Waals surface area contributed by atoms with E-state index in [-0.39, 0.29) is 0 Å². The molecule has 0 aromatic rings. The van der Waals surface area contributed by atoms with E-state index in [2.05, 4.69) is 73.7 Å². The second kappa shape index (κ2) is 19.0. The van der Waals surface area contributed by atoms with Crippen molar-refractivity contribution < 1.29 is 110 Å². The lowest BCUT2D eigenvalue weighted by Crippen LogP contribution is -2.48. The molecule has 24 heteroatoms. The molecular weight excluding hydrogens is 702 g/mol. The Bertz CT molecular complexity index is 1150. The van der Waals surface area contributed by atoms with Gasteiger partial charge in [-0.15, -0.1) is 26.3 Å². The van der Waals surface area contributed by atoms with Crippen molar-refractivity contribution in [1.29, 1.82) is 0 Å². The molecule has 0 aromatic carbocycles. The molecule has 0 spiro atoms. The van der Waals surface area contributed by atoms with E-state index in [0.29, 0.717) is 24.3 Å². The molecule has 0 aliphatic rings. The Kier molecular flexibility index (Phi) is 17.4. The maximum Gasteiger partial charge on any atom is 0.498 e. The number of esters is 4. The molecule has 0 saturated heterocycles. The third-order valence-electron chi connectivity index (χ3n) is 3.99. The summed E-state index contributed by atoms with van der Waals surface area (Å²) in [5.74, 6) is -4.87. The van der Waals surface area contributed by atoms with Gasteiger partial charge in [0, 0.05) is 24.3 Å². The molecule has 0 rings (SSSR count). The summed E-state index contributed by atoms with van der Waals surface area (Å²) in [4.78, 5) is 44.7. The Morgan fingerprint density at radius 3 is 1.38 bits per heavy atom. The average molecular weight is 726 g/mol. The molecule has 0 amide bonds. The molecule has 0 saturated carbocycles. The molecule has 0 aliphatic carbocycles. The predicted molar refractivity (Wildman–Crippen MR) is 128 cm³/mol. The van der Waals surface area contributed by atoms with Crippen molar-refractivity contribution in [2.75, 3.05) is 33.0 Å². The summed E-state index contributed by atoms with van der Waals surface area (Å²) < 4.78 is 173. The van der Waals surface area contributed by atoms with Crippen molar-refractivity contribution in [3.05, 3.63) is 50.6 Å². The van der Waals surface area contributed by atoms with Crippen molar-refractivity contribution in [1.82, 2.24) is 0 Å². The fourth-order valence-corrected chi connectivity index (χ4v) is 2.31. The molecule has 2 atom stereocenters. The van der Waals surface area contributed by atoms with Gasteiger partial charge in [-0.25, -0.2) is 38.1 Å². The highest BCUT2D eigenvalue weighted by molar-refractivity contribution is 5.82. The number of carbonyl (C=O) groups is 4. The van der Waals surface area contributed by atoms with Crippen LogP contribution < -0.4 is 0 Å². The molecule has 0 aromatic heterocycles. The first kappa shape index (κ1) is 43.9. The molecule has 0 bridgehead atoms. The van der Waals surface area contributed by atoms with Gasteiger partial charge in [0.1, 0.15) is 19.8 Å². The zero-order valence-electron chi connectivity index (χ0n) is 23.8. The van der Waals surface area contributed by atoms with E-state index < -0.39 is 100 Å². The van der Waals surface area contributed by atoms with Crippen LogP contribution in [0.15, 0.2) is 50.6 Å². The van der Waals surface area contributed by atoms with E-state index in [0.717, 1.165) is 0 Å². The van der Waals surface area contributed by atoms with Crippen LogP contribution in [0.3, 0.4) is 0 Å². The van der Waals surface area contributed by atoms with Crippen LogP contribution in [-0.4, -0.2) is 100 Å². The van der Waals surface area contributed by atoms with E-state index in [1.54, 1.807) is 0 Å². The highest BCUT2D eigenvalue weighted by Gasteiger charge is 2.59. The minimum absolute atomic E-state index is 0.457. The summed E-state index contributed by atoms with van der Waals surface area (Å²) in [6.45, 7) is 4.17. The van der Waals surface area contributed by atoms with Crippen LogP contribution in [0, 0.1) is 0 Å².